The second-order valence-corrected chi connectivity index (χ2v) is 7.51. The number of rotatable bonds is 7. The van der Waals surface area contributed by atoms with Crippen molar-refractivity contribution in [3.05, 3.63) is 54.2 Å². The fourth-order valence-electron chi connectivity index (χ4n) is 3.17. The van der Waals surface area contributed by atoms with Crippen LogP contribution in [0.4, 0.5) is 21.7 Å². The third-order valence-corrected chi connectivity index (χ3v) is 5.16. The molecule has 1 saturated carbocycles. The number of alkyl halides is 1. The minimum atomic E-state index is -1.07. The lowest BCUT2D eigenvalue weighted by atomic mass is 10.1. The summed E-state index contributed by atoms with van der Waals surface area (Å²) in [7, 11) is 0. The Hall–Kier alpha value is -3.46. The van der Waals surface area contributed by atoms with Gasteiger partial charge in [-0.2, -0.15) is 0 Å². The van der Waals surface area contributed by atoms with Crippen LogP contribution in [0.25, 0.3) is 11.3 Å². The van der Waals surface area contributed by atoms with Crippen molar-refractivity contribution in [3.8, 4) is 11.3 Å². The summed E-state index contributed by atoms with van der Waals surface area (Å²) in [4.78, 5) is 29.1. The summed E-state index contributed by atoms with van der Waals surface area (Å²) in [5, 5.41) is 15.9. The van der Waals surface area contributed by atoms with E-state index in [0.29, 0.717) is 35.0 Å². The molecule has 9 heteroatoms. The normalized spacial score (nSPS) is 18.3. The van der Waals surface area contributed by atoms with Gasteiger partial charge in [0.05, 0.1) is 35.3 Å². The second-order valence-electron chi connectivity index (χ2n) is 7.51. The van der Waals surface area contributed by atoms with Crippen molar-refractivity contribution in [2.24, 2.45) is 5.92 Å². The first kappa shape index (κ1) is 20.8. The molecule has 1 unspecified atom stereocenters. The van der Waals surface area contributed by atoms with Crippen molar-refractivity contribution in [1.29, 1.82) is 0 Å². The number of nitrogens with zero attached hydrogens (tertiary/aromatic N) is 4. The Morgan fingerprint density at radius 2 is 2.10 bits per heavy atom. The lowest BCUT2D eigenvalue weighted by Crippen LogP contribution is -2.16. The van der Waals surface area contributed by atoms with E-state index in [2.05, 4.69) is 30.6 Å². The molecule has 1 aliphatic carbocycles. The number of halogens is 1. The SMILES string of the molecule is CCC(O)c1cc(C)c(Nc2ncccc2-c2cc(NC(=O)[C@H]3C[C@H]3F)ncn2)cn1. The van der Waals surface area contributed by atoms with E-state index in [1.165, 1.54) is 6.33 Å². The van der Waals surface area contributed by atoms with Crippen LogP contribution in [0, 0.1) is 12.8 Å². The maximum absolute atomic E-state index is 13.1. The summed E-state index contributed by atoms with van der Waals surface area (Å²) in [5.74, 6) is -0.116. The number of amides is 1. The van der Waals surface area contributed by atoms with Crippen LogP contribution in [0.1, 0.15) is 37.1 Å². The molecule has 3 atom stereocenters. The predicted molar refractivity (Wildman–Crippen MR) is 114 cm³/mol. The highest BCUT2D eigenvalue weighted by molar-refractivity contribution is 5.94. The molecule has 0 spiro atoms. The molecule has 3 aromatic rings. The monoisotopic (exact) mass is 422 g/mol. The summed E-state index contributed by atoms with van der Waals surface area (Å²) < 4.78 is 13.1. The van der Waals surface area contributed by atoms with E-state index in [4.69, 9.17) is 0 Å². The van der Waals surface area contributed by atoms with E-state index < -0.39 is 18.2 Å². The number of aliphatic hydroxyl groups excluding tert-OH is 1. The molecular weight excluding hydrogens is 399 g/mol. The molecule has 3 heterocycles. The van der Waals surface area contributed by atoms with Gasteiger partial charge in [0.25, 0.3) is 0 Å². The Labute approximate surface area is 179 Å². The van der Waals surface area contributed by atoms with Crippen molar-refractivity contribution >= 4 is 23.2 Å². The third-order valence-electron chi connectivity index (χ3n) is 5.16. The van der Waals surface area contributed by atoms with Gasteiger partial charge in [0, 0.05) is 17.8 Å². The zero-order valence-corrected chi connectivity index (χ0v) is 17.2. The highest BCUT2D eigenvalue weighted by atomic mass is 19.1. The van der Waals surface area contributed by atoms with Gasteiger partial charge in [-0.3, -0.25) is 9.78 Å². The van der Waals surface area contributed by atoms with Crippen molar-refractivity contribution in [1.82, 2.24) is 19.9 Å². The molecular formula is C22H23FN6O2. The molecule has 0 bridgehead atoms. The van der Waals surface area contributed by atoms with E-state index in [1.807, 2.05) is 26.0 Å². The first-order valence-electron chi connectivity index (χ1n) is 10.1. The summed E-state index contributed by atoms with van der Waals surface area (Å²) in [6.07, 6.45) is 3.83. The van der Waals surface area contributed by atoms with Crippen LogP contribution in [0.2, 0.25) is 0 Å². The molecule has 1 fully saturated rings. The maximum atomic E-state index is 13.1. The third kappa shape index (κ3) is 4.66. The maximum Gasteiger partial charge on any atom is 0.231 e. The van der Waals surface area contributed by atoms with Crippen LogP contribution in [-0.2, 0) is 4.79 Å². The van der Waals surface area contributed by atoms with Gasteiger partial charge in [0.1, 0.15) is 24.1 Å². The topological polar surface area (TPSA) is 113 Å². The standard InChI is InChI=1S/C22H23FN6O2/c1-3-19(30)17-7-12(2)18(10-25-17)28-21-13(5-4-6-24-21)16-9-20(27-11-26-16)29-22(31)14-8-15(14)23/h4-7,9-11,14-15,19,30H,3,8H2,1-2H3,(H,24,28)(H,26,27,29,31)/t14-,15+,19?/m0/s1. The molecule has 0 saturated heterocycles. The van der Waals surface area contributed by atoms with Gasteiger partial charge < -0.3 is 15.7 Å². The van der Waals surface area contributed by atoms with Crippen molar-refractivity contribution < 1.29 is 14.3 Å². The number of hydrogen-bond acceptors (Lipinski definition) is 7. The molecule has 0 aliphatic heterocycles. The quantitative estimate of drug-likeness (QED) is 0.532. The fraction of sp³-hybridized carbons (Fsp3) is 0.318. The van der Waals surface area contributed by atoms with Crippen molar-refractivity contribution in [2.75, 3.05) is 10.6 Å². The van der Waals surface area contributed by atoms with Crippen LogP contribution in [0.5, 0.6) is 0 Å². The molecule has 0 aromatic carbocycles. The van der Waals surface area contributed by atoms with Crippen LogP contribution in [0.3, 0.4) is 0 Å². The van der Waals surface area contributed by atoms with E-state index in [9.17, 15) is 14.3 Å². The number of carbonyl (C=O) groups excluding carboxylic acids is 1. The highest BCUT2D eigenvalue weighted by Crippen LogP contribution is 2.35. The average Bonchev–Trinajstić information content (AvgIpc) is 3.52. The Morgan fingerprint density at radius 1 is 1.29 bits per heavy atom. The zero-order valence-electron chi connectivity index (χ0n) is 17.2. The number of anilines is 3. The molecule has 31 heavy (non-hydrogen) atoms. The second kappa shape index (κ2) is 8.73. The molecule has 1 amide bonds. The Kier molecular flexibility index (Phi) is 5.85. The molecule has 3 N–H and O–H groups in total. The van der Waals surface area contributed by atoms with Gasteiger partial charge in [0.15, 0.2) is 0 Å². The van der Waals surface area contributed by atoms with Gasteiger partial charge in [-0.15, -0.1) is 0 Å². The first-order valence-corrected chi connectivity index (χ1v) is 10.1. The zero-order chi connectivity index (χ0) is 22.0. The minimum absolute atomic E-state index is 0.252. The molecule has 1 aliphatic rings. The van der Waals surface area contributed by atoms with Gasteiger partial charge in [-0.1, -0.05) is 6.92 Å². The van der Waals surface area contributed by atoms with Gasteiger partial charge in [-0.25, -0.2) is 19.3 Å². The number of aryl methyl sites for hydroxylation is 1. The molecule has 0 radical (unpaired) electrons. The molecule has 160 valence electrons. The highest BCUT2D eigenvalue weighted by Gasteiger charge is 2.43. The number of pyridine rings is 2. The van der Waals surface area contributed by atoms with E-state index in [-0.39, 0.29) is 12.3 Å². The van der Waals surface area contributed by atoms with E-state index >= 15 is 0 Å². The van der Waals surface area contributed by atoms with Crippen LogP contribution < -0.4 is 10.6 Å². The largest absolute Gasteiger partial charge is 0.387 e. The van der Waals surface area contributed by atoms with Crippen molar-refractivity contribution in [2.45, 2.75) is 39.0 Å². The van der Waals surface area contributed by atoms with Gasteiger partial charge in [0.2, 0.25) is 5.91 Å². The fourth-order valence-corrected chi connectivity index (χ4v) is 3.17. The Balaban J connectivity index is 1.58. The Bertz CT molecular complexity index is 1110. The smallest absolute Gasteiger partial charge is 0.231 e. The number of aliphatic hydroxyl groups is 1. The summed E-state index contributed by atoms with van der Waals surface area (Å²) in [5.41, 5.74) is 3.53. The lowest BCUT2D eigenvalue weighted by molar-refractivity contribution is -0.117. The van der Waals surface area contributed by atoms with E-state index in [0.717, 1.165) is 11.3 Å². The van der Waals surface area contributed by atoms with Gasteiger partial charge >= 0.3 is 0 Å². The number of nitrogens with one attached hydrogen (secondary N) is 2. The summed E-state index contributed by atoms with van der Waals surface area (Å²) >= 11 is 0. The number of aromatic nitrogens is 4. The van der Waals surface area contributed by atoms with Crippen LogP contribution >= 0.6 is 0 Å². The van der Waals surface area contributed by atoms with Gasteiger partial charge in [-0.05, 0) is 43.5 Å². The lowest BCUT2D eigenvalue weighted by Gasteiger charge is -2.14. The molecule has 8 nitrogen and oxygen atoms in total. The molecule has 4 rings (SSSR count). The summed E-state index contributed by atoms with van der Waals surface area (Å²) in [6, 6.07) is 7.10. The van der Waals surface area contributed by atoms with Crippen LogP contribution in [0.15, 0.2) is 43.0 Å². The number of hydrogen-bond donors (Lipinski definition) is 3. The predicted octanol–water partition coefficient (Wildman–Crippen LogP) is 3.73. The minimum Gasteiger partial charge on any atom is -0.387 e. The summed E-state index contributed by atoms with van der Waals surface area (Å²) in [6.45, 7) is 3.82. The average molecular weight is 422 g/mol. The Morgan fingerprint density at radius 3 is 2.81 bits per heavy atom. The van der Waals surface area contributed by atoms with Crippen LogP contribution in [-0.4, -0.2) is 37.1 Å². The van der Waals surface area contributed by atoms with E-state index in [1.54, 1.807) is 24.5 Å². The molecule has 3 aromatic heterocycles. The first-order chi connectivity index (χ1) is 15.0. The van der Waals surface area contributed by atoms with Crippen molar-refractivity contribution in [3.63, 3.8) is 0 Å². The number of carbonyl (C=O) groups is 1.